The molecule has 0 atom stereocenters. The number of hydrogen-bond acceptors (Lipinski definition) is 3. The number of carbonyl (C=O) groups excluding carboxylic acids is 1. The molecule has 0 radical (unpaired) electrons. The molecule has 1 aromatic carbocycles. The van der Waals surface area contributed by atoms with Crippen molar-refractivity contribution in [1.29, 1.82) is 0 Å². The maximum absolute atomic E-state index is 12.7. The van der Waals surface area contributed by atoms with Crippen molar-refractivity contribution in [2.45, 2.75) is 5.92 Å². The number of alkyl halides is 2. The van der Waals surface area contributed by atoms with Crippen LogP contribution in [0.5, 0.6) is 5.75 Å². The van der Waals surface area contributed by atoms with Crippen molar-refractivity contribution in [3.63, 3.8) is 0 Å². The van der Waals surface area contributed by atoms with E-state index in [4.69, 9.17) is 10.5 Å². The summed E-state index contributed by atoms with van der Waals surface area (Å²) in [7, 11) is 0. The van der Waals surface area contributed by atoms with Gasteiger partial charge >= 0.3 is 6.09 Å². The summed E-state index contributed by atoms with van der Waals surface area (Å²) in [5, 5.41) is 1.93. The fourth-order valence-corrected chi connectivity index (χ4v) is 0.905. The molecule has 0 fully saturated rings. The predicted octanol–water partition coefficient (Wildman–Crippen LogP) is 1.37. The van der Waals surface area contributed by atoms with E-state index in [1.807, 2.05) is 5.32 Å². The van der Waals surface area contributed by atoms with Gasteiger partial charge in [0, 0.05) is 0 Å². The highest BCUT2D eigenvalue weighted by molar-refractivity contribution is 5.70. The molecule has 1 amide bonds. The summed E-state index contributed by atoms with van der Waals surface area (Å²) in [5.41, 5.74) is 4.80. The molecule has 0 unspecified atom stereocenters. The molecule has 0 spiro atoms. The third kappa shape index (κ3) is 4.22. The average Bonchev–Trinajstić information content (AvgIpc) is 2.28. The third-order valence-corrected chi connectivity index (χ3v) is 1.74. The molecule has 0 aromatic heterocycles. The number of halogens is 2. The standard InChI is InChI=1S/C10H12F2N2O2/c11-10(12,6-13)7-14-9(15)16-8-4-2-1-3-5-8/h1-5H,6-7,13H2,(H,14,15). The van der Waals surface area contributed by atoms with E-state index >= 15 is 0 Å². The second-order valence-electron chi connectivity index (χ2n) is 3.12. The SMILES string of the molecule is NCC(F)(F)CNC(=O)Oc1ccccc1. The summed E-state index contributed by atoms with van der Waals surface area (Å²) in [6.45, 7) is -1.66. The number of carbonyl (C=O) groups is 1. The minimum Gasteiger partial charge on any atom is -0.410 e. The fraction of sp³-hybridized carbons (Fsp3) is 0.300. The topological polar surface area (TPSA) is 64.3 Å². The number of para-hydroxylation sites is 1. The predicted molar refractivity (Wildman–Crippen MR) is 54.5 cm³/mol. The maximum Gasteiger partial charge on any atom is 0.412 e. The average molecular weight is 230 g/mol. The molecule has 6 heteroatoms. The van der Waals surface area contributed by atoms with Crippen LogP contribution in [0.3, 0.4) is 0 Å². The van der Waals surface area contributed by atoms with Crippen molar-refractivity contribution in [2.75, 3.05) is 13.1 Å². The quantitative estimate of drug-likeness (QED) is 0.821. The molecular weight excluding hydrogens is 218 g/mol. The molecule has 0 bridgehead atoms. The summed E-state index contributed by atoms with van der Waals surface area (Å²) < 4.78 is 30.0. The first kappa shape index (κ1) is 12.4. The molecule has 0 saturated heterocycles. The van der Waals surface area contributed by atoms with E-state index in [2.05, 4.69) is 0 Å². The Bertz CT molecular complexity index is 344. The molecule has 0 aliphatic carbocycles. The first-order chi connectivity index (χ1) is 7.53. The van der Waals surface area contributed by atoms with Gasteiger partial charge in [0.05, 0.1) is 13.1 Å². The fourth-order valence-electron chi connectivity index (χ4n) is 0.905. The monoisotopic (exact) mass is 230 g/mol. The number of amides is 1. The van der Waals surface area contributed by atoms with Gasteiger partial charge in [0.25, 0.3) is 5.92 Å². The number of hydrogen-bond donors (Lipinski definition) is 2. The summed E-state index contributed by atoms with van der Waals surface area (Å²) in [4.78, 5) is 11.1. The molecule has 1 aromatic rings. The van der Waals surface area contributed by atoms with Gasteiger partial charge in [0.15, 0.2) is 0 Å². The second kappa shape index (κ2) is 5.41. The van der Waals surface area contributed by atoms with E-state index < -0.39 is 25.1 Å². The van der Waals surface area contributed by atoms with Crippen LogP contribution in [0.2, 0.25) is 0 Å². The number of benzene rings is 1. The van der Waals surface area contributed by atoms with E-state index in [9.17, 15) is 13.6 Å². The molecule has 3 N–H and O–H groups in total. The largest absolute Gasteiger partial charge is 0.412 e. The Labute approximate surface area is 91.4 Å². The minimum absolute atomic E-state index is 0.288. The van der Waals surface area contributed by atoms with Crippen LogP contribution in [0.1, 0.15) is 0 Å². The van der Waals surface area contributed by atoms with Crippen LogP contribution in [0.25, 0.3) is 0 Å². The lowest BCUT2D eigenvalue weighted by molar-refractivity contribution is 0.0129. The van der Waals surface area contributed by atoms with Crippen molar-refractivity contribution >= 4 is 6.09 Å². The van der Waals surface area contributed by atoms with E-state index in [1.165, 1.54) is 0 Å². The van der Waals surface area contributed by atoms with Crippen LogP contribution < -0.4 is 15.8 Å². The Morgan fingerprint density at radius 3 is 2.56 bits per heavy atom. The van der Waals surface area contributed by atoms with E-state index in [0.29, 0.717) is 0 Å². The van der Waals surface area contributed by atoms with Crippen LogP contribution in [0.4, 0.5) is 13.6 Å². The highest BCUT2D eigenvalue weighted by Gasteiger charge is 2.27. The third-order valence-electron chi connectivity index (χ3n) is 1.74. The van der Waals surface area contributed by atoms with Crippen molar-refractivity contribution < 1.29 is 18.3 Å². The lowest BCUT2D eigenvalue weighted by Gasteiger charge is -2.14. The van der Waals surface area contributed by atoms with Gasteiger partial charge in [-0.05, 0) is 12.1 Å². The smallest absolute Gasteiger partial charge is 0.410 e. The Kier molecular flexibility index (Phi) is 4.19. The second-order valence-corrected chi connectivity index (χ2v) is 3.12. The molecule has 4 nitrogen and oxygen atoms in total. The first-order valence-electron chi connectivity index (χ1n) is 4.62. The summed E-state index contributed by atoms with van der Waals surface area (Å²) >= 11 is 0. The van der Waals surface area contributed by atoms with Crippen molar-refractivity contribution in [1.82, 2.24) is 5.32 Å². The molecular formula is C10H12F2N2O2. The minimum atomic E-state index is -3.12. The summed E-state index contributed by atoms with van der Waals surface area (Å²) in [5.74, 6) is -2.83. The maximum atomic E-state index is 12.7. The molecule has 0 aliphatic rings. The van der Waals surface area contributed by atoms with Crippen LogP contribution >= 0.6 is 0 Å². The molecule has 16 heavy (non-hydrogen) atoms. The van der Waals surface area contributed by atoms with Crippen LogP contribution in [-0.2, 0) is 0 Å². The normalized spacial score (nSPS) is 10.9. The Balaban J connectivity index is 2.38. The number of nitrogens with one attached hydrogen (secondary N) is 1. The Morgan fingerprint density at radius 2 is 2.00 bits per heavy atom. The highest BCUT2D eigenvalue weighted by Crippen LogP contribution is 2.10. The van der Waals surface area contributed by atoms with Crippen LogP contribution in [0.15, 0.2) is 30.3 Å². The van der Waals surface area contributed by atoms with Crippen LogP contribution in [0, 0.1) is 0 Å². The number of ether oxygens (including phenoxy) is 1. The molecule has 0 aliphatic heterocycles. The van der Waals surface area contributed by atoms with Crippen LogP contribution in [-0.4, -0.2) is 25.1 Å². The van der Waals surface area contributed by atoms with Gasteiger partial charge in [0.1, 0.15) is 5.75 Å². The Morgan fingerprint density at radius 1 is 1.38 bits per heavy atom. The summed E-state index contributed by atoms with van der Waals surface area (Å²) in [6.07, 6.45) is -0.931. The van der Waals surface area contributed by atoms with Crippen molar-refractivity contribution in [3.05, 3.63) is 30.3 Å². The molecule has 88 valence electrons. The Hall–Kier alpha value is -1.69. The highest BCUT2D eigenvalue weighted by atomic mass is 19.3. The first-order valence-corrected chi connectivity index (χ1v) is 4.62. The molecule has 0 heterocycles. The zero-order valence-electron chi connectivity index (χ0n) is 8.45. The van der Waals surface area contributed by atoms with Gasteiger partial charge in [-0.1, -0.05) is 18.2 Å². The van der Waals surface area contributed by atoms with Gasteiger partial charge in [-0.2, -0.15) is 0 Å². The van der Waals surface area contributed by atoms with Crippen molar-refractivity contribution in [3.8, 4) is 5.75 Å². The van der Waals surface area contributed by atoms with Gasteiger partial charge in [0.2, 0.25) is 0 Å². The van der Waals surface area contributed by atoms with E-state index in [1.54, 1.807) is 30.3 Å². The zero-order valence-corrected chi connectivity index (χ0v) is 8.45. The van der Waals surface area contributed by atoms with Gasteiger partial charge in [-0.15, -0.1) is 0 Å². The number of nitrogens with two attached hydrogens (primary N) is 1. The zero-order chi connectivity index (χ0) is 12.0. The summed E-state index contributed by atoms with van der Waals surface area (Å²) in [6, 6.07) is 8.16. The molecule has 0 saturated carbocycles. The molecule has 1 rings (SSSR count). The van der Waals surface area contributed by atoms with Gasteiger partial charge < -0.3 is 15.8 Å². The van der Waals surface area contributed by atoms with E-state index in [-0.39, 0.29) is 5.75 Å². The number of rotatable bonds is 4. The lowest BCUT2D eigenvalue weighted by atomic mass is 10.3. The van der Waals surface area contributed by atoms with E-state index in [0.717, 1.165) is 0 Å². The van der Waals surface area contributed by atoms with Gasteiger partial charge in [-0.25, -0.2) is 13.6 Å². The van der Waals surface area contributed by atoms with Crippen molar-refractivity contribution in [2.24, 2.45) is 5.73 Å². The lowest BCUT2D eigenvalue weighted by Crippen LogP contribution is -2.42. The van der Waals surface area contributed by atoms with Gasteiger partial charge in [-0.3, -0.25) is 0 Å².